The van der Waals surface area contributed by atoms with Gasteiger partial charge >= 0.3 is 0 Å². The van der Waals surface area contributed by atoms with Crippen LogP contribution in [-0.4, -0.2) is 10.7 Å². The van der Waals surface area contributed by atoms with E-state index < -0.39 is 0 Å². The van der Waals surface area contributed by atoms with Crippen LogP contribution in [-0.2, 0) is 21.7 Å². The summed E-state index contributed by atoms with van der Waals surface area (Å²) in [6.45, 7) is 6.06. The van der Waals surface area contributed by atoms with E-state index in [2.05, 4.69) is 0 Å². The molecule has 0 heterocycles. The summed E-state index contributed by atoms with van der Waals surface area (Å²) >= 11 is 0. The van der Waals surface area contributed by atoms with Crippen molar-refractivity contribution in [1.29, 1.82) is 0 Å². The van der Waals surface area contributed by atoms with Gasteiger partial charge in [0, 0.05) is 21.7 Å². The van der Waals surface area contributed by atoms with Gasteiger partial charge < -0.3 is 5.11 Å². The standard InChI is InChI=1S/C7H16O.Ti/c1-4-7(8,5-2)6-3;/h8H,4-6H2,1-3H3;. The molecule has 0 aromatic carbocycles. The van der Waals surface area contributed by atoms with E-state index in [1.165, 1.54) is 0 Å². The fraction of sp³-hybridized carbons (Fsp3) is 1.00. The Morgan fingerprint density at radius 3 is 1.22 bits per heavy atom. The maximum absolute atomic E-state index is 9.44. The van der Waals surface area contributed by atoms with Crippen molar-refractivity contribution in [3.8, 4) is 0 Å². The summed E-state index contributed by atoms with van der Waals surface area (Å²) in [7, 11) is 0. The number of rotatable bonds is 3. The van der Waals surface area contributed by atoms with E-state index in [0.29, 0.717) is 0 Å². The number of aliphatic hydroxyl groups is 1. The van der Waals surface area contributed by atoms with E-state index in [0.717, 1.165) is 19.3 Å². The third-order valence-corrected chi connectivity index (χ3v) is 1.97. The molecule has 0 unspecified atom stereocenters. The molecule has 0 spiro atoms. The van der Waals surface area contributed by atoms with E-state index in [-0.39, 0.29) is 27.3 Å². The van der Waals surface area contributed by atoms with Crippen LogP contribution < -0.4 is 0 Å². The van der Waals surface area contributed by atoms with E-state index in [4.69, 9.17) is 0 Å². The van der Waals surface area contributed by atoms with Gasteiger partial charge in [-0.2, -0.15) is 0 Å². The first kappa shape index (κ1) is 12.4. The van der Waals surface area contributed by atoms with E-state index >= 15 is 0 Å². The molecule has 0 aromatic rings. The normalized spacial score (nSPS) is 10.7. The first-order valence-corrected chi connectivity index (χ1v) is 3.41. The fourth-order valence-corrected chi connectivity index (χ4v) is 0.750. The third-order valence-electron chi connectivity index (χ3n) is 1.97. The Bertz CT molecular complexity index is 51.7. The van der Waals surface area contributed by atoms with E-state index in [1.807, 2.05) is 20.8 Å². The van der Waals surface area contributed by atoms with Gasteiger partial charge in [0.2, 0.25) is 0 Å². The fourth-order valence-electron chi connectivity index (χ4n) is 0.750. The molecule has 0 rings (SSSR count). The van der Waals surface area contributed by atoms with Crippen LogP contribution in [0.1, 0.15) is 40.0 Å². The van der Waals surface area contributed by atoms with Gasteiger partial charge in [-0.3, -0.25) is 0 Å². The SMILES string of the molecule is CCC(O)(CC)CC.[Ti]. The predicted octanol–water partition coefficient (Wildman–Crippen LogP) is 1.95. The largest absolute Gasteiger partial charge is 0.390 e. The molecule has 1 nitrogen and oxygen atoms in total. The van der Waals surface area contributed by atoms with Crippen molar-refractivity contribution in [3.63, 3.8) is 0 Å². The molecule has 0 saturated heterocycles. The summed E-state index contributed by atoms with van der Waals surface area (Å²) in [6, 6.07) is 0. The zero-order chi connectivity index (χ0) is 6.62. The second kappa shape index (κ2) is 5.46. The van der Waals surface area contributed by atoms with Gasteiger partial charge in [0.05, 0.1) is 5.60 Å². The molecule has 9 heavy (non-hydrogen) atoms. The monoisotopic (exact) mass is 164 g/mol. The van der Waals surface area contributed by atoms with Crippen molar-refractivity contribution in [2.24, 2.45) is 0 Å². The Morgan fingerprint density at radius 2 is 1.22 bits per heavy atom. The summed E-state index contributed by atoms with van der Waals surface area (Å²) in [5.41, 5.74) is -0.375. The average molecular weight is 164 g/mol. The van der Waals surface area contributed by atoms with E-state index in [1.54, 1.807) is 0 Å². The zero-order valence-electron chi connectivity index (χ0n) is 6.57. The minimum Gasteiger partial charge on any atom is -0.390 e. The van der Waals surface area contributed by atoms with Gasteiger partial charge in [-0.1, -0.05) is 20.8 Å². The van der Waals surface area contributed by atoms with Gasteiger partial charge in [-0.15, -0.1) is 0 Å². The Kier molecular flexibility index (Phi) is 7.50. The van der Waals surface area contributed by atoms with Crippen LogP contribution in [0, 0.1) is 0 Å². The summed E-state index contributed by atoms with van der Waals surface area (Å²) in [5.74, 6) is 0. The maximum Gasteiger partial charge on any atom is 0.0640 e. The predicted molar refractivity (Wildman–Crippen MR) is 35.8 cm³/mol. The van der Waals surface area contributed by atoms with Crippen molar-refractivity contribution >= 4 is 0 Å². The van der Waals surface area contributed by atoms with Gasteiger partial charge in [0.15, 0.2) is 0 Å². The quantitative estimate of drug-likeness (QED) is 0.632. The topological polar surface area (TPSA) is 20.2 Å². The van der Waals surface area contributed by atoms with Crippen LogP contribution in [0.5, 0.6) is 0 Å². The summed E-state index contributed by atoms with van der Waals surface area (Å²) in [6.07, 6.45) is 2.62. The number of hydrogen-bond donors (Lipinski definition) is 1. The molecule has 2 heteroatoms. The molecular weight excluding hydrogens is 148 g/mol. The third kappa shape index (κ3) is 4.13. The van der Waals surface area contributed by atoms with Gasteiger partial charge in [-0.05, 0) is 19.3 Å². The minimum atomic E-state index is -0.375. The van der Waals surface area contributed by atoms with Crippen LogP contribution in [0.3, 0.4) is 0 Å². The Labute approximate surface area is 72.7 Å². The molecule has 54 valence electrons. The van der Waals surface area contributed by atoms with Crippen molar-refractivity contribution in [2.75, 3.05) is 0 Å². The van der Waals surface area contributed by atoms with Crippen molar-refractivity contribution in [3.05, 3.63) is 0 Å². The van der Waals surface area contributed by atoms with Gasteiger partial charge in [0.1, 0.15) is 0 Å². The molecule has 0 fully saturated rings. The van der Waals surface area contributed by atoms with Crippen molar-refractivity contribution in [2.45, 2.75) is 45.6 Å². The molecule has 0 radical (unpaired) electrons. The first-order valence-electron chi connectivity index (χ1n) is 3.41. The maximum atomic E-state index is 9.44. The van der Waals surface area contributed by atoms with Crippen molar-refractivity contribution < 1.29 is 26.8 Å². The second-order valence-corrected chi connectivity index (χ2v) is 2.29. The molecule has 0 saturated carbocycles. The molecule has 0 amide bonds. The Morgan fingerprint density at radius 1 is 1.00 bits per heavy atom. The summed E-state index contributed by atoms with van der Waals surface area (Å²) < 4.78 is 0. The molecule has 0 aliphatic carbocycles. The second-order valence-electron chi connectivity index (χ2n) is 2.29. The van der Waals surface area contributed by atoms with Crippen LogP contribution in [0.2, 0.25) is 0 Å². The first-order chi connectivity index (χ1) is 3.68. The molecule has 1 N–H and O–H groups in total. The molecule has 0 aliphatic rings. The Balaban J connectivity index is 0. The molecule has 0 aromatic heterocycles. The van der Waals surface area contributed by atoms with E-state index in [9.17, 15) is 5.11 Å². The molecule has 0 aliphatic heterocycles. The Hall–Kier alpha value is 0.674. The van der Waals surface area contributed by atoms with Crippen LogP contribution in [0.15, 0.2) is 0 Å². The van der Waals surface area contributed by atoms with Gasteiger partial charge in [-0.25, -0.2) is 0 Å². The average Bonchev–Trinajstić information content (AvgIpc) is 1.87. The van der Waals surface area contributed by atoms with Gasteiger partial charge in [0.25, 0.3) is 0 Å². The van der Waals surface area contributed by atoms with Crippen molar-refractivity contribution in [1.82, 2.24) is 0 Å². The minimum absolute atomic E-state index is 0. The summed E-state index contributed by atoms with van der Waals surface area (Å²) in [5, 5.41) is 9.44. The van der Waals surface area contributed by atoms with Crippen LogP contribution >= 0.6 is 0 Å². The van der Waals surface area contributed by atoms with Crippen LogP contribution in [0.25, 0.3) is 0 Å². The zero-order valence-corrected chi connectivity index (χ0v) is 8.13. The molecule has 0 bridgehead atoms. The number of hydrogen-bond acceptors (Lipinski definition) is 1. The smallest absolute Gasteiger partial charge is 0.0640 e. The van der Waals surface area contributed by atoms with Crippen LogP contribution in [0.4, 0.5) is 0 Å². The molecule has 0 atom stereocenters. The molecular formula is C7H16OTi. The summed E-state index contributed by atoms with van der Waals surface area (Å²) in [4.78, 5) is 0.